The van der Waals surface area contributed by atoms with Crippen molar-refractivity contribution in [1.29, 1.82) is 0 Å². The molecule has 7 heteroatoms. The number of carbonyl (C=O) groups is 1. The maximum Gasteiger partial charge on any atom is 0.252 e. The van der Waals surface area contributed by atoms with Gasteiger partial charge < -0.3 is 10.1 Å². The lowest BCUT2D eigenvalue weighted by Gasteiger charge is -2.10. The minimum atomic E-state index is -0.208. The molecule has 0 saturated heterocycles. The molecule has 7 nitrogen and oxygen atoms in total. The second-order valence-electron chi connectivity index (χ2n) is 7.68. The fourth-order valence-electron chi connectivity index (χ4n) is 3.07. The zero-order chi connectivity index (χ0) is 22.3. The van der Waals surface area contributed by atoms with Gasteiger partial charge in [0, 0.05) is 30.4 Å². The smallest absolute Gasteiger partial charge is 0.252 e. The van der Waals surface area contributed by atoms with Gasteiger partial charge in [-0.1, -0.05) is 56.3 Å². The maximum atomic E-state index is 12.6. The number of rotatable bonds is 8. The number of nitrogens with one attached hydrogen (secondary N) is 1. The summed E-state index contributed by atoms with van der Waals surface area (Å²) in [5, 5.41) is 7.65. The van der Waals surface area contributed by atoms with Crippen molar-refractivity contribution in [1.82, 2.24) is 19.7 Å². The SMILES string of the molecule is CC(C)C(=O)n1nc(-c2cccnc2)nc1NCc1ccc(OCc2ccccc2)cc1. The number of carbonyl (C=O) groups excluding carboxylic acids is 1. The highest BCUT2D eigenvalue weighted by Gasteiger charge is 2.19. The first-order valence-corrected chi connectivity index (χ1v) is 10.5. The van der Waals surface area contributed by atoms with Crippen LogP contribution in [0.1, 0.15) is 29.8 Å². The molecule has 2 aromatic heterocycles. The fraction of sp³-hybridized carbons (Fsp3) is 0.200. The van der Waals surface area contributed by atoms with Gasteiger partial charge in [-0.3, -0.25) is 9.78 Å². The Morgan fingerprint density at radius 2 is 1.78 bits per heavy atom. The van der Waals surface area contributed by atoms with Crippen molar-refractivity contribution in [3.63, 3.8) is 0 Å². The van der Waals surface area contributed by atoms with Crippen LogP contribution in [0.25, 0.3) is 11.4 Å². The van der Waals surface area contributed by atoms with E-state index >= 15 is 0 Å². The third kappa shape index (κ3) is 5.18. The van der Waals surface area contributed by atoms with Gasteiger partial charge in [-0.25, -0.2) is 0 Å². The summed E-state index contributed by atoms with van der Waals surface area (Å²) in [5.74, 6) is 1.33. The Morgan fingerprint density at radius 1 is 1.00 bits per heavy atom. The number of hydrogen-bond acceptors (Lipinski definition) is 6. The number of hydrogen-bond donors (Lipinski definition) is 1. The van der Waals surface area contributed by atoms with E-state index < -0.39 is 0 Å². The summed E-state index contributed by atoms with van der Waals surface area (Å²) in [7, 11) is 0. The third-order valence-electron chi connectivity index (χ3n) is 4.85. The van der Waals surface area contributed by atoms with E-state index in [1.165, 1.54) is 4.68 Å². The van der Waals surface area contributed by atoms with Crippen molar-refractivity contribution >= 4 is 11.9 Å². The number of aromatic nitrogens is 4. The Bertz CT molecular complexity index is 1160. The van der Waals surface area contributed by atoms with Crippen molar-refractivity contribution in [3.8, 4) is 17.1 Å². The van der Waals surface area contributed by atoms with Crippen LogP contribution in [0.5, 0.6) is 5.75 Å². The van der Waals surface area contributed by atoms with E-state index in [9.17, 15) is 4.79 Å². The normalized spacial score (nSPS) is 10.8. The molecule has 0 aliphatic carbocycles. The first-order valence-electron chi connectivity index (χ1n) is 10.5. The van der Waals surface area contributed by atoms with Gasteiger partial charge in [0.25, 0.3) is 5.91 Å². The number of ether oxygens (including phenoxy) is 1. The molecule has 0 unspecified atom stereocenters. The van der Waals surface area contributed by atoms with Crippen LogP contribution in [0.3, 0.4) is 0 Å². The van der Waals surface area contributed by atoms with Crippen LogP contribution in [-0.4, -0.2) is 25.7 Å². The van der Waals surface area contributed by atoms with Crippen LogP contribution in [0.15, 0.2) is 79.1 Å². The predicted octanol–water partition coefficient (Wildman–Crippen LogP) is 4.83. The van der Waals surface area contributed by atoms with Gasteiger partial charge in [0.15, 0.2) is 5.82 Å². The van der Waals surface area contributed by atoms with Crippen molar-refractivity contribution < 1.29 is 9.53 Å². The second-order valence-corrected chi connectivity index (χ2v) is 7.68. The Kier molecular flexibility index (Phi) is 6.55. The van der Waals surface area contributed by atoms with E-state index in [-0.39, 0.29) is 11.8 Å². The highest BCUT2D eigenvalue weighted by Crippen LogP contribution is 2.19. The molecule has 0 aliphatic rings. The van der Waals surface area contributed by atoms with Crippen molar-refractivity contribution in [2.24, 2.45) is 5.92 Å². The van der Waals surface area contributed by atoms with Crippen LogP contribution in [-0.2, 0) is 13.2 Å². The van der Waals surface area contributed by atoms with Crippen LogP contribution in [0.2, 0.25) is 0 Å². The zero-order valence-corrected chi connectivity index (χ0v) is 18.1. The number of pyridine rings is 1. The van der Waals surface area contributed by atoms with Crippen LogP contribution in [0.4, 0.5) is 5.95 Å². The molecule has 4 rings (SSSR count). The van der Waals surface area contributed by atoms with Gasteiger partial charge in [-0.15, -0.1) is 5.10 Å². The lowest BCUT2D eigenvalue weighted by Crippen LogP contribution is -2.21. The summed E-state index contributed by atoms with van der Waals surface area (Å²) in [6, 6.07) is 21.6. The summed E-state index contributed by atoms with van der Waals surface area (Å²) in [6.45, 7) is 4.70. The molecule has 0 fully saturated rings. The molecule has 4 aromatic rings. The van der Waals surface area contributed by atoms with E-state index in [0.29, 0.717) is 24.9 Å². The number of benzene rings is 2. The first-order chi connectivity index (χ1) is 15.6. The largest absolute Gasteiger partial charge is 0.489 e. The monoisotopic (exact) mass is 427 g/mol. The highest BCUT2D eigenvalue weighted by molar-refractivity contribution is 5.83. The average molecular weight is 428 g/mol. The molecule has 0 atom stereocenters. The fourth-order valence-corrected chi connectivity index (χ4v) is 3.07. The highest BCUT2D eigenvalue weighted by atomic mass is 16.5. The van der Waals surface area contributed by atoms with Gasteiger partial charge in [-0.05, 0) is 35.4 Å². The summed E-state index contributed by atoms with van der Waals surface area (Å²) < 4.78 is 7.18. The van der Waals surface area contributed by atoms with Gasteiger partial charge in [0.05, 0.1) is 0 Å². The standard InChI is InChI=1S/C25H25N5O2/c1-18(2)24(31)30-25(28-23(29-30)21-9-6-14-26-16-21)27-15-19-10-12-22(13-11-19)32-17-20-7-4-3-5-8-20/h3-14,16,18H,15,17H2,1-2H3,(H,27,28,29). The van der Waals surface area contributed by atoms with Gasteiger partial charge in [0.1, 0.15) is 12.4 Å². The molecule has 1 N–H and O–H groups in total. The van der Waals surface area contributed by atoms with Gasteiger partial charge in [0.2, 0.25) is 5.95 Å². The van der Waals surface area contributed by atoms with Crippen LogP contribution in [0, 0.1) is 5.92 Å². The van der Waals surface area contributed by atoms with Gasteiger partial charge in [-0.2, -0.15) is 9.67 Å². The molecule has 162 valence electrons. The molecular weight excluding hydrogens is 402 g/mol. The van der Waals surface area contributed by atoms with E-state index in [2.05, 4.69) is 20.4 Å². The molecular formula is C25H25N5O2. The third-order valence-corrected chi connectivity index (χ3v) is 4.85. The molecule has 2 aromatic carbocycles. The topological polar surface area (TPSA) is 81.9 Å². The lowest BCUT2D eigenvalue weighted by molar-refractivity contribution is 0.0841. The predicted molar refractivity (Wildman–Crippen MR) is 123 cm³/mol. The molecule has 0 spiro atoms. The summed E-state index contributed by atoms with van der Waals surface area (Å²) >= 11 is 0. The quantitative estimate of drug-likeness (QED) is 0.434. The molecule has 0 bridgehead atoms. The van der Waals surface area contributed by atoms with Crippen molar-refractivity contribution in [2.45, 2.75) is 27.0 Å². The first kappa shape index (κ1) is 21.2. The van der Waals surface area contributed by atoms with E-state index in [1.54, 1.807) is 12.4 Å². The Hall–Kier alpha value is -4.00. The molecule has 0 saturated carbocycles. The van der Waals surface area contributed by atoms with E-state index in [1.807, 2.05) is 80.6 Å². The van der Waals surface area contributed by atoms with Crippen LogP contribution >= 0.6 is 0 Å². The molecule has 0 radical (unpaired) electrons. The minimum Gasteiger partial charge on any atom is -0.489 e. The Morgan fingerprint density at radius 3 is 2.47 bits per heavy atom. The Balaban J connectivity index is 1.44. The average Bonchev–Trinajstić information content (AvgIpc) is 3.27. The van der Waals surface area contributed by atoms with E-state index in [4.69, 9.17) is 4.74 Å². The molecule has 2 heterocycles. The minimum absolute atomic E-state index is 0.125. The molecule has 32 heavy (non-hydrogen) atoms. The Labute approximate surface area is 187 Å². The van der Waals surface area contributed by atoms with Crippen LogP contribution < -0.4 is 10.1 Å². The molecule has 0 amide bonds. The number of anilines is 1. The van der Waals surface area contributed by atoms with E-state index in [0.717, 1.165) is 22.4 Å². The lowest BCUT2D eigenvalue weighted by atomic mass is 10.2. The second kappa shape index (κ2) is 9.87. The summed E-state index contributed by atoms with van der Waals surface area (Å²) in [6.07, 6.45) is 3.36. The zero-order valence-electron chi connectivity index (χ0n) is 18.1. The number of nitrogens with zero attached hydrogens (tertiary/aromatic N) is 4. The van der Waals surface area contributed by atoms with Crippen molar-refractivity contribution in [2.75, 3.05) is 5.32 Å². The van der Waals surface area contributed by atoms with Gasteiger partial charge >= 0.3 is 0 Å². The summed E-state index contributed by atoms with van der Waals surface area (Å²) in [5.41, 5.74) is 2.91. The molecule has 0 aliphatic heterocycles. The maximum absolute atomic E-state index is 12.6. The summed E-state index contributed by atoms with van der Waals surface area (Å²) in [4.78, 5) is 21.3. The van der Waals surface area contributed by atoms with Crippen molar-refractivity contribution in [3.05, 3.63) is 90.3 Å².